The van der Waals surface area contributed by atoms with Crippen molar-refractivity contribution in [2.75, 3.05) is 10.6 Å². The van der Waals surface area contributed by atoms with Crippen molar-refractivity contribution in [2.24, 2.45) is 5.92 Å². The average molecular weight is 427 g/mol. The van der Waals surface area contributed by atoms with E-state index in [4.69, 9.17) is 16.3 Å². The molecule has 5 nitrogen and oxygen atoms in total. The summed E-state index contributed by atoms with van der Waals surface area (Å²) in [5.41, 5.74) is -1.45. The lowest BCUT2D eigenvalue weighted by Crippen LogP contribution is -2.31. The molecule has 0 unspecified atom stereocenters. The highest BCUT2D eigenvalue weighted by Gasteiger charge is 2.35. The van der Waals surface area contributed by atoms with Crippen molar-refractivity contribution in [1.29, 1.82) is 0 Å². The number of rotatable bonds is 6. The number of ether oxygens (including phenoxy) is 1. The lowest BCUT2D eigenvalue weighted by Gasteiger charge is -2.18. The molecule has 2 aromatic rings. The van der Waals surface area contributed by atoms with E-state index in [-0.39, 0.29) is 17.5 Å². The minimum atomic E-state index is -4.72. The fourth-order valence-corrected chi connectivity index (χ4v) is 2.69. The van der Waals surface area contributed by atoms with Gasteiger partial charge in [-0.15, -0.1) is 0 Å². The van der Waals surface area contributed by atoms with Gasteiger partial charge in [-0.05, 0) is 62.2 Å². The van der Waals surface area contributed by atoms with Gasteiger partial charge in [0.05, 0.1) is 11.3 Å². The van der Waals surface area contributed by atoms with Gasteiger partial charge in [0.2, 0.25) is 5.91 Å². The molecule has 1 saturated carbocycles. The predicted molar refractivity (Wildman–Crippen MR) is 103 cm³/mol. The first-order chi connectivity index (χ1) is 13.6. The molecule has 0 radical (unpaired) electrons. The van der Waals surface area contributed by atoms with E-state index in [0.717, 1.165) is 25.0 Å². The van der Waals surface area contributed by atoms with Gasteiger partial charge in [-0.3, -0.25) is 9.59 Å². The van der Waals surface area contributed by atoms with E-state index in [0.29, 0.717) is 10.8 Å². The minimum Gasteiger partial charge on any atom is -0.481 e. The van der Waals surface area contributed by atoms with E-state index in [1.807, 2.05) is 0 Å². The SMILES string of the molecule is C[C@@H](Oc1ccc(Cl)cc1)C(=O)Nc1ccc(NC(=O)C2CC2)cc1C(F)(F)F. The summed E-state index contributed by atoms with van der Waals surface area (Å²) in [6.45, 7) is 1.42. The van der Waals surface area contributed by atoms with E-state index in [1.54, 1.807) is 24.3 Å². The van der Waals surface area contributed by atoms with Crippen molar-refractivity contribution in [3.05, 3.63) is 53.1 Å². The van der Waals surface area contributed by atoms with Gasteiger partial charge in [0.25, 0.3) is 5.91 Å². The summed E-state index contributed by atoms with van der Waals surface area (Å²) in [5.74, 6) is -0.846. The zero-order valence-corrected chi connectivity index (χ0v) is 16.1. The monoisotopic (exact) mass is 426 g/mol. The molecule has 0 heterocycles. The zero-order chi connectivity index (χ0) is 21.2. The van der Waals surface area contributed by atoms with Crippen LogP contribution in [0.4, 0.5) is 24.5 Å². The Labute approximate surface area is 170 Å². The minimum absolute atomic E-state index is 0.0256. The third-order valence-corrected chi connectivity index (χ3v) is 4.55. The fourth-order valence-electron chi connectivity index (χ4n) is 2.56. The molecule has 1 atom stereocenters. The molecule has 154 valence electrons. The molecule has 3 rings (SSSR count). The summed E-state index contributed by atoms with van der Waals surface area (Å²) in [4.78, 5) is 24.1. The Kier molecular flexibility index (Phi) is 6.02. The zero-order valence-electron chi connectivity index (χ0n) is 15.3. The van der Waals surface area contributed by atoms with Crippen LogP contribution in [0.1, 0.15) is 25.3 Å². The van der Waals surface area contributed by atoms with Crippen LogP contribution in [-0.2, 0) is 15.8 Å². The lowest BCUT2D eigenvalue weighted by molar-refractivity contribution is -0.137. The number of benzene rings is 2. The molecular weight excluding hydrogens is 409 g/mol. The van der Waals surface area contributed by atoms with Crippen LogP contribution < -0.4 is 15.4 Å². The van der Waals surface area contributed by atoms with Crippen LogP contribution in [0.2, 0.25) is 5.02 Å². The molecular formula is C20H18ClF3N2O3. The second-order valence-electron chi connectivity index (χ2n) is 6.72. The van der Waals surface area contributed by atoms with Crippen LogP contribution in [0.5, 0.6) is 5.75 Å². The summed E-state index contributed by atoms with van der Waals surface area (Å²) in [6, 6.07) is 9.46. The molecule has 2 N–H and O–H groups in total. The molecule has 1 aliphatic rings. The first-order valence-corrected chi connectivity index (χ1v) is 9.26. The quantitative estimate of drug-likeness (QED) is 0.674. The molecule has 0 spiro atoms. The maximum atomic E-state index is 13.5. The average Bonchev–Trinajstić information content (AvgIpc) is 3.49. The van der Waals surface area contributed by atoms with Gasteiger partial charge in [0.15, 0.2) is 6.10 Å². The van der Waals surface area contributed by atoms with Gasteiger partial charge in [-0.2, -0.15) is 13.2 Å². The van der Waals surface area contributed by atoms with E-state index in [2.05, 4.69) is 10.6 Å². The Morgan fingerprint density at radius 3 is 2.34 bits per heavy atom. The van der Waals surface area contributed by atoms with Gasteiger partial charge in [-0.1, -0.05) is 11.6 Å². The molecule has 0 aliphatic heterocycles. The molecule has 9 heteroatoms. The van der Waals surface area contributed by atoms with Crippen LogP contribution in [0.3, 0.4) is 0 Å². The van der Waals surface area contributed by atoms with Crippen LogP contribution >= 0.6 is 11.6 Å². The van der Waals surface area contributed by atoms with Crippen LogP contribution in [0.25, 0.3) is 0 Å². The number of hydrogen-bond acceptors (Lipinski definition) is 3. The van der Waals surface area contributed by atoms with Crippen molar-refractivity contribution in [3.8, 4) is 5.75 Å². The number of anilines is 2. The Morgan fingerprint density at radius 2 is 1.76 bits per heavy atom. The maximum absolute atomic E-state index is 13.5. The molecule has 2 aromatic carbocycles. The van der Waals surface area contributed by atoms with Crippen molar-refractivity contribution >= 4 is 34.8 Å². The molecule has 0 bridgehead atoms. The summed E-state index contributed by atoms with van der Waals surface area (Å²) in [5, 5.41) is 5.20. The first kappa shape index (κ1) is 21.0. The van der Waals surface area contributed by atoms with Gasteiger partial charge in [0.1, 0.15) is 5.75 Å². The fraction of sp³-hybridized carbons (Fsp3) is 0.300. The first-order valence-electron chi connectivity index (χ1n) is 8.88. The number of carbonyl (C=O) groups excluding carboxylic acids is 2. The smallest absolute Gasteiger partial charge is 0.418 e. The van der Waals surface area contributed by atoms with E-state index < -0.39 is 29.4 Å². The maximum Gasteiger partial charge on any atom is 0.418 e. The third kappa shape index (κ3) is 5.63. The third-order valence-electron chi connectivity index (χ3n) is 4.29. The van der Waals surface area contributed by atoms with Crippen molar-refractivity contribution in [2.45, 2.75) is 32.0 Å². The number of halogens is 4. The molecule has 1 aliphatic carbocycles. The molecule has 0 saturated heterocycles. The Balaban J connectivity index is 1.73. The van der Waals surface area contributed by atoms with E-state index in [9.17, 15) is 22.8 Å². The van der Waals surface area contributed by atoms with E-state index >= 15 is 0 Å². The topological polar surface area (TPSA) is 67.4 Å². The van der Waals surface area contributed by atoms with Crippen LogP contribution in [0, 0.1) is 5.92 Å². The van der Waals surface area contributed by atoms with Gasteiger partial charge in [0, 0.05) is 16.6 Å². The summed E-state index contributed by atoms with van der Waals surface area (Å²) in [6.07, 6.45) is -4.30. The van der Waals surface area contributed by atoms with E-state index in [1.165, 1.54) is 13.0 Å². The highest BCUT2D eigenvalue weighted by molar-refractivity contribution is 6.30. The number of hydrogen-bond donors (Lipinski definition) is 2. The summed E-state index contributed by atoms with van der Waals surface area (Å²) in [7, 11) is 0. The predicted octanol–water partition coefficient (Wildman–Crippen LogP) is 5.11. The Hall–Kier alpha value is -2.74. The highest BCUT2D eigenvalue weighted by Crippen LogP contribution is 2.37. The number of carbonyl (C=O) groups is 2. The molecule has 29 heavy (non-hydrogen) atoms. The second-order valence-corrected chi connectivity index (χ2v) is 7.16. The number of nitrogens with one attached hydrogen (secondary N) is 2. The van der Waals surface area contributed by atoms with Crippen LogP contribution in [-0.4, -0.2) is 17.9 Å². The van der Waals surface area contributed by atoms with Crippen molar-refractivity contribution < 1.29 is 27.5 Å². The molecule has 2 amide bonds. The van der Waals surface area contributed by atoms with Crippen LogP contribution in [0.15, 0.2) is 42.5 Å². The van der Waals surface area contributed by atoms with Gasteiger partial charge < -0.3 is 15.4 Å². The summed E-state index contributed by atoms with van der Waals surface area (Å²) < 4.78 is 45.8. The normalized spacial score (nSPS) is 14.8. The Bertz CT molecular complexity index is 912. The second kappa shape index (κ2) is 8.32. The van der Waals surface area contributed by atoms with Crippen molar-refractivity contribution in [1.82, 2.24) is 0 Å². The van der Waals surface area contributed by atoms with Gasteiger partial charge >= 0.3 is 6.18 Å². The Morgan fingerprint density at radius 1 is 1.10 bits per heavy atom. The number of amides is 2. The highest BCUT2D eigenvalue weighted by atomic mass is 35.5. The lowest BCUT2D eigenvalue weighted by atomic mass is 10.1. The molecule has 0 aromatic heterocycles. The van der Waals surface area contributed by atoms with Crippen molar-refractivity contribution in [3.63, 3.8) is 0 Å². The largest absolute Gasteiger partial charge is 0.481 e. The summed E-state index contributed by atoms with van der Waals surface area (Å²) >= 11 is 5.78. The standard InChI is InChI=1S/C20H18ClF3N2O3/c1-11(29-15-7-4-13(21)5-8-15)18(27)26-17-9-6-14(10-16(17)20(22,23)24)25-19(28)12-2-3-12/h4-12H,2-3H2,1H3,(H,25,28)(H,26,27)/t11-/m1/s1. The molecule has 1 fully saturated rings. The number of alkyl halides is 3. The van der Waals surface area contributed by atoms with Gasteiger partial charge in [-0.25, -0.2) is 0 Å².